The molecule has 0 saturated carbocycles. The molecule has 0 aliphatic rings. The van der Waals surface area contributed by atoms with Crippen LogP contribution in [-0.2, 0) is 0 Å². The molecule has 0 unspecified atom stereocenters. The average molecular weight is 180 g/mol. The van der Waals surface area contributed by atoms with E-state index in [2.05, 4.69) is 4.98 Å². The monoisotopic (exact) mass is 179 g/mol. The number of halogens is 1. The first kappa shape index (κ1) is 7.37. The van der Waals surface area contributed by atoms with Gasteiger partial charge in [-0.25, -0.2) is 0 Å². The van der Waals surface area contributed by atoms with Gasteiger partial charge in [0.25, 0.3) is 0 Å². The van der Waals surface area contributed by atoms with Gasteiger partial charge in [-0.05, 0) is 18.2 Å². The second-order valence-electron chi connectivity index (χ2n) is 2.53. The van der Waals surface area contributed by atoms with Crippen molar-refractivity contribution in [1.82, 2.24) is 4.98 Å². The van der Waals surface area contributed by atoms with Crippen molar-refractivity contribution < 1.29 is 5.11 Å². The third kappa shape index (κ3) is 1.21. The van der Waals surface area contributed by atoms with Crippen LogP contribution in [0.15, 0.2) is 30.5 Å². The number of pyridine rings is 1. The first-order valence-corrected chi connectivity index (χ1v) is 3.88. The van der Waals surface area contributed by atoms with Crippen molar-refractivity contribution in [3.8, 4) is 5.75 Å². The van der Waals surface area contributed by atoms with Gasteiger partial charge in [-0.1, -0.05) is 17.7 Å². The summed E-state index contributed by atoms with van der Waals surface area (Å²) in [7, 11) is 0. The fourth-order valence-electron chi connectivity index (χ4n) is 1.08. The van der Waals surface area contributed by atoms with Gasteiger partial charge >= 0.3 is 0 Å². The lowest BCUT2D eigenvalue weighted by Gasteiger charge is -1.97. The summed E-state index contributed by atoms with van der Waals surface area (Å²) >= 11 is 5.76. The molecule has 1 aromatic carbocycles. The Morgan fingerprint density at radius 3 is 2.92 bits per heavy atom. The van der Waals surface area contributed by atoms with Crippen LogP contribution >= 0.6 is 11.6 Å². The Labute approximate surface area is 74.4 Å². The third-order valence-electron chi connectivity index (χ3n) is 1.63. The van der Waals surface area contributed by atoms with Crippen molar-refractivity contribution in [3.05, 3.63) is 35.5 Å². The molecule has 2 nitrogen and oxygen atoms in total. The highest BCUT2D eigenvalue weighted by atomic mass is 35.5. The van der Waals surface area contributed by atoms with Crippen LogP contribution in [0.2, 0.25) is 5.02 Å². The second-order valence-corrected chi connectivity index (χ2v) is 2.97. The first-order chi connectivity index (χ1) is 5.75. The van der Waals surface area contributed by atoms with E-state index in [1.165, 1.54) is 6.20 Å². The second kappa shape index (κ2) is 2.64. The van der Waals surface area contributed by atoms with Gasteiger partial charge in [-0.2, -0.15) is 0 Å². The zero-order valence-electron chi connectivity index (χ0n) is 6.16. The van der Waals surface area contributed by atoms with Crippen molar-refractivity contribution in [3.63, 3.8) is 0 Å². The molecule has 0 fully saturated rings. The Morgan fingerprint density at radius 2 is 2.08 bits per heavy atom. The summed E-state index contributed by atoms with van der Waals surface area (Å²) in [6, 6.07) is 7.00. The number of aromatic nitrogens is 1. The molecule has 0 aliphatic heterocycles. The van der Waals surface area contributed by atoms with Gasteiger partial charge in [0.15, 0.2) is 0 Å². The lowest BCUT2D eigenvalue weighted by atomic mass is 10.2. The van der Waals surface area contributed by atoms with Gasteiger partial charge in [0.2, 0.25) is 0 Å². The Balaban J connectivity index is 2.79. The molecule has 12 heavy (non-hydrogen) atoms. The minimum Gasteiger partial charge on any atom is -0.506 e. The smallest absolute Gasteiger partial charge is 0.134 e. The van der Waals surface area contributed by atoms with Crippen LogP contribution in [0.4, 0.5) is 0 Å². The standard InChI is InChI=1S/C9H6ClNO/c10-7-2-1-6-3-8(12)5-11-9(6)4-7/h1-5,12H. The van der Waals surface area contributed by atoms with Gasteiger partial charge in [0.1, 0.15) is 5.75 Å². The molecule has 0 aliphatic carbocycles. The van der Waals surface area contributed by atoms with E-state index in [0.717, 1.165) is 10.9 Å². The SMILES string of the molecule is Oc1cnc2cc(Cl)ccc2c1. The van der Waals surface area contributed by atoms with Crippen LogP contribution in [-0.4, -0.2) is 10.1 Å². The molecular weight excluding hydrogens is 174 g/mol. The fourth-order valence-corrected chi connectivity index (χ4v) is 1.25. The number of benzene rings is 1. The molecular formula is C9H6ClNO. The van der Waals surface area contributed by atoms with Gasteiger partial charge in [0, 0.05) is 10.4 Å². The van der Waals surface area contributed by atoms with E-state index in [9.17, 15) is 0 Å². The highest BCUT2D eigenvalue weighted by Gasteiger charge is 1.96. The summed E-state index contributed by atoms with van der Waals surface area (Å²) in [5.41, 5.74) is 0.792. The van der Waals surface area contributed by atoms with Gasteiger partial charge in [0.05, 0.1) is 11.7 Å². The van der Waals surface area contributed by atoms with E-state index in [4.69, 9.17) is 16.7 Å². The molecule has 0 spiro atoms. The van der Waals surface area contributed by atoms with Crippen LogP contribution in [0.5, 0.6) is 5.75 Å². The Morgan fingerprint density at radius 1 is 1.25 bits per heavy atom. The molecule has 1 N–H and O–H groups in total. The summed E-state index contributed by atoms with van der Waals surface area (Å²) in [5, 5.41) is 10.6. The summed E-state index contributed by atoms with van der Waals surface area (Å²) in [6.07, 6.45) is 1.40. The minimum atomic E-state index is 0.171. The quantitative estimate of drug-likeness (QED) is 0.675. The van der Waals surface area contributed by atoms with Crippen LogP contribution in [0, 0.1) is 0 Å². The Bertz CT molecular complexity index is 387. The predicted molar refractivity (Wildman–Crippen MR) is 48.4 cm³/mol. The van der Waals surface area contributed by atoms with Crippen molar-refractivity contribution in [2.24, 2.45) is 0 Å². The molecule has 2 rings (SSSR count). The zero-order chi connectivity index (χ0) is 8.55. The number of nitrogens with zero attached hydrogens (tertiary/aromatic N) is 1. The molecule has 1 aromatic heterocycles. The van der Waals surface area contributed by atoms with E-state index in [1.54, 1.807) is 18.2 Å². The van der Waals surface area contributed by atoms with E-state index in [-0.39, 0.29) is 5.75 Å². The maximum Gasteiger partial charge on any atom is 0.134 e. The van der Waals surface area contributed by atoms with Crippen molar-refractivity contribution in [2.75, 3.05) is 0 Å². The van der Waals surface area contributed by atoms with Crippen molar-refractivity contribution in [2.45, 2.75) is 0 Å². The molecule has 0 bridgehead atoms. The fraction of sp³-hybridized carbons (Fsp3) is 0. The topological polar surface area (TPSA) is 33.1 Å². The molecule has 0 amide bonds. The molecule has 0 saturated heterocycles. The normalized spacial score (nSPS) is 10.4. The van der Waals surface area contributed by atoms with E-state index >= 15 is 0 Å². The summed E-state index contributed by atoms with van der Waals surface area (Å²) in [6.45, 7) is 0. The summed E-state index contributed by atoms with van der Waals surface area (Å²) < 4.78 is 0. The molecule has 2 aromatic rings. The van der Waals surface area contributed by atoms with Crippen LogP contribution in [0.25, 0.3) is 10.9 Å². The maximum absolute atomic E-state index is 9.10. The van der Waals surface area contributed by atoms with Crippen molar-refractivity contribution in [1.29, 1.82) is 0 Å². The lowest BCUT2D eigenvalue weighted by molar-refractivity contribution is 0.474. The number of rotatable bonds is 0. The highest BCUT2D eigenvalue weighted by Crippen LogP contribution is 2.20. The van der Waals surface area contributed by atoms with Gasteiger partial charge < -0.3 is 5.11 Å². The summed E-state index contributed by atoms with van der Waals surface area (Å²) in [5.74, 6) is 0.171. The Hall–Kier alpha value is -1.28. The number of fused-ring (bicyclic) bond motifs is 1. The summed E-state index contributed by atoms with van der Waals surface area (Å²) in [4.78, 5) is 4.01. The van der Waals surface area contributed by atoms with E-state index in [0.29, 0.717) is 5.02 Å². The Kier molecular flexibility index (Phi) is 1.62. The predicted octanol–water partition coefficient (Wildman–Crippen LogP) is 2.59. The average Bonchev–Trinajstić information content (AvgIpc) is 2.05. The van der Waals surface area contributed by atoms with Crippen LogP contribution in [0.3, 0.4) is 0 Å². The maximum atomic E-state index is 9.10. The molecule has 0 atom stereocenters. The zero-order valence-corrected chi connectivity index (χ0v) is 6.92. The largest absolute Gasteiger partial charge is 0.506 e. The molecule has 3 heteroatoms. The first-order valence-electron chi connectivity index (χ1n) is 3.50. The number of hydrogen-bond donors (Lipinski definition) is 1. The highest BCUT2D eigenvalue weighted by molar-refractivity contribution is 6.31. The third-order valence-corrected chi connectivity index (χ3v) is 1.87. The minimum absolute atomic E-state index is 0.171. The molecule has 0 radical (unpaired) electrons. The molecule has 1 heterocycles. The number of aromatic hydroxyl groups is 1. The van der Waals surface area contributed by atoms with Crippen LogP contribution in [0.1, 0.15) is 0 Å². The molecule has 60 valence electrons. The van der Waals surface area contributed by atoms with Gasteiger partial charge in [-0.15, -0.1) is 0 Å². The van der Waals surface area contributed by atoms with E-state index in [1.807, 2.05) is 6.07 Å². The van der Waals surface area contributed by atoms with Crippen LogP contribution < -0.4 is 0 Å². The number of hydrogen-bond acceptors (Lipinski definition) is 2. The van der Waals surface area contributed by atoms with Gasteiger partial charge in [-0.3, -0.25) is 4.98 Å². The van der Waals surface area contributed by atoms with Crippen molar-refractivity contribution >= 4 is 22.5 Å². The van der Waals surface area contributed by atoms with E-state index < -0.39 is 0 Å². The lowest BCUT2D eigenvalue weighted by Crippen LogP contribution is -1.77.